The first-order valence-corrected chi connectivity index (χ1v) is 6.88. The van der Waals surface area contributed by atoms with E-state index in [1.807, 2.05) is 0 Å². The van der Waals surface area contributed by atoms with E-state index >= 15 is 0 Å². The standard InChI is InChI=1S/C15H18F3NO3/c1-3-12(14(22)19(4-2)9-13(20)21)10-6-5-7-11(8-10)15(16,17)18/h5-8,12H,3-4,9H2,1-2H3,(H,20,21). The van der Waals surface area contributed by atoms with Gasteiger partial charge in [-0.15, -0.1) is 0 Å². The largest absolute Gasteiger partial charge is 0.480 e. The highest BCUT2D eigenvalue weighted by atomic mass is 19.4. The van der Waals surface area contributed by atoms with Gasteiger partial charge in [0.1, 0.15) is 6.54 Å². The van der Waals surface area contributed by atoms with Crippen molar-refractivity contribution in [2.24, 2.45) is 0 Å². The molecule has 1 unspecified atom stereocenters. The molecule has 1 N–H and O–H groups in total. The van der Waals surface area contributed by atoms with Gasteiger partial charge in [-0.3, -0.25) is 9.59 Å². The van der Waals surface area contributed by atoms with Crippen molar-refractivity contribution in [1.82, 2.24) is 4.90 Å². The zero-order valence-corrected chi connectivity index (χ0v) is 12.4. The van der Waals surface area contributed by atoms with E-state index in [0.29, 0.717) is 0 Å². The number of alkyl halides is 3. The van der Waals surface area contributed by atoms with Gasteiger partial charge in [-0.25, -0.2) is 0 Å². The molecule has 1 amide bonds. The van der Waals surface area contributed by atoms with Gasteiger partial charge in [-0.1, -0.05) is 25.1 Å². The second kappa shape index (κ2) is 7.29. The Morgan fingerprint density at radius 2 is 1.91 bits per heavy atom. The molecular weight excluding hydrogens is 299 g/mol. The Balaban J connectivity index is 3.10. The van der Waals surface area contributed by atoms with Crippen molar-refractivity contribution in [3.8, 4) is 0 Å². The molecule has 122 valence electrons. The van der Waals surface area contributed by atoms with Crippen LogP contribution >= 0.6 is 0 Å². The molecule has 1 atom stereocenters. The number of halogens is 3. The number of hydrogen-bond donors (Lipinski definition) is 1. The number of hydrogen-bond acceptors (Lipinski definition) is 2. The van der Waals surface area contributed by atoms with E-state index < -0.39 is 36.1 Å². The third-order valence-corrected chi connectivity index (χ3v) is 3.34. The Hall–Kier alpha value is -2.05. The first kappa shape index (κ1) is 18.0. The van der Waals surface area contributed by atoms with E-state index in [1.54, 1.807) is 13.8 Å². The summed E-state index contributed by atoms with van der Waals surface area (Å²) < 4.78 is 38.3. The highest BCUT2D eigenvalue weighted by Crippen LogP contribution is 2.32. The second-order valence-corrected chi connectivity index (χ2v) is 4.83. The monoisotopic (exact) mass is 317 g/mol. The van der Waals surface area contributed by atoms with Gasteiger partial charge in [0.15, 0.2) is 0 Å². The quantitative estimate of drug-likeness (QED) is 0.877. The van der Waals surface area contributed by atoms with Gasteiger partial charge < -0.3 is 10.0 Å². The van der Waals surface area contributed by atoms with Crippen LogP contribution in [0, 0.1) is 0 Å². The van der Waals surface area contributed by atoms with Crippen LogP contribution in [0.3, 0.4) is 0 Å². The summed E-state index contributed by atoms with van der Waals surface area (Å²) in [6.07, 6.45) is -4.20. The van der Waals surface area contributed by atoms with Crippen molar-refractivity contribution < 1.29 is 27.9 Å². The average molecular weight is 317 g/mol. The van der Waals surface area contributed by atoms with Crippen LogP contribution in [-0.4, -0.2) is 35.0 Å². The lowest BCUT2D eigenvalue weighted by molar-refractivity contribution is -0.145. The fourth-order valence-electron chi connectivity index (χ4n) is 2.21. The Bertz CT molecular complexity index is 543. The lowest BCUT2D eigenvalue weighted by Crippen LogP contribution is -2.38. The van der Waals surface area contributed by atoms with Crippen LogP contribution in [0.2, 0.25) is 0 Å². The fraction of sp³-hybridized carbons (Fsp3) is 0.467. The van der Waals surface area contributed by atoms with Crippen molar-refractivity contribution in [1.29, 1.82) is 0 Å². The van der Waals surface area contributed by atoms with E-state index in [1.165, 1.54) is 12.1 Å². The van der Waals surface area contributed by atoms with Gasteiger partial charge in [0.2, 0.25) is 5.91 Å². The molecular formula is C15H18F3NO3. The number of carbonyl (C=O) groups excluding carboxylic acids is 1. The van der Waals surface area contributed by atoms with Gasteiger partial charge in [0.05, 0.1) is 11.5 Å². The van der Waals surface area contributed by atoms with Crippen molar-refractivity contribution in [2.75, 3.05) is 13.1 Å². The summed E-state index contributed by atoms with van der Waals surface area (Å²) >= 11 is 0. The van der Waals surface area contributed by atoms with Gasteiger partial charge in [-0.2, -0.15) is 13.2 Å². The van der Waals surface area contributed by atoms with Crippen molar-refractivity contribution in [3.05, 3.63) is 35.4 Å². The number of benzene rings is 1. The average Bonchev–Trinajstić information content (AvgIpc) is 2.44. The van der Waals surface area contributed by atoms with Crippen LogP contribution in [0.1, 0.15) is 37.3 Å². The van der Waals surface area contributed by atoms with Crippen molar-refractivity contribution in [2.45, 2.75) is 32.4 Å². The molecule has 0 fully saturated rings. The smallest absolute Gasteiger partial charge is 0.416 e. The van der Waals surface area contributed by atoms with E-state index in [2.05, 4.69) is 0 Å². The number of rotatable bonds is 6. The maximum atomic E-state index is 12.8. The van der Waals surface area contributed by atoms with Crippen LogP contribution in [0.4, 0.5) is 13.2 Å². The molecule has 0 aliphatic rings. The first-order valence-electron chi connectivity index (χ1n) is 6.88. The van der Waals surface area contributed by atoms with Crippen LogP contribution in [0.5, 0.6) is 0 Å². The Morgan fingerprint density at radius 1 is 1.27 bits per heavy atom. The molecule has 0 heterocycles. The predicted octanol–water partition coefficient (Wildman–Crippen LogP) is 3.13. The van der Waals surface area contributed by atoms with Crippen molar-refractivity contribution >= 4 is 11.9 Å². The van der Waals surface area contributed by atoms with E-state index in [4.69, 9.17) is 5.11 Å². The molecule has 1 aromatic carbocycles. The fourth-order valence-corrected chi connectivity index (χ4v) is 2.21. The summed E-state index contributed by atoms with van der Waals surface area (Å²) in [5.41, 5.74) is -0.580. The minimum absolute atomic E-state index is 0.181. The Labute approximate surface area is 126 Å². The molecule has 1 aromatic rings. The number of amides is 1. The van der Waals surface area contributed by atoms with Crippen LogP contribution in [-0.2, 0) is 15.8 Å². The molecule has 0 saturated carbocycles. The number of aliphatic carboxylic acids is 1. The molecule has 0 saturated heterocycles. The highest BCUT2D eigenvalue weighted by Gasteiger charge is 2.32. The zero-order valence-electron chi connectivity index (χ0n) is 12.4. The number of likely N-dealkylation sites (N-methyl/N-ethyl adjacent to an activating group) is 1. The maximum Gasteiger partial charge on any atom is 0.416 e. The van der Waals surface area contributed by atoms with Gasteiger partial charge >= 0.3 is 12.1 Å². The van der Waals surface area contributed by atoms with Gasteiger partial charge in [-0.05, 0) is 25.0 Å². The molecule has 0 radical (unpaired) electrons. The molecule has 7 heteroatoms. The summed E-state index contributed by atoms with van der Waals surface area (Å²) in [6, 6.07) is 4.59. The van der Waals surface area contributed by atoms with Crippen LogP contribution in [0.15, 0.2) is 24.3 Å². The number of carboxylic acids is 1. The molecule has 0 bridgehead atoms. The molecule has 0 aromatic heterocycles. The summed E-state index contributed by atoms with van der Waals surface area (Å²) in [5.74, 6) is -2.43. The zero-order chi connectivity index (χ0) is 16.9. The first-order chi connectivity index (χ1) is 10.2. The van der Waals surface area contributed by atoms with Crippen LogP contribution in [0.25, 0.3) is 0 Å². The number of carbonyl (C=O) groups is 2. The minimum atomic E-state index is -4.48. The Kier molecular flexibility index (Phi) is 5.96. The highest BCUT2D eigenvalue weighted by molar-refractivity contribution is 5.86. The molecule has 0 aliphatic heterocycles. The molecule has 1 rings (SSSR count). The lowest BCUT2D eigenvalue weighted by atomic mass is 9.93. The minimum Gasteiger partial charge on any atom is -0.480 e. The molecule has 0 spiro atoms. The maximum absolute atomic E-state index is 12.8. The topological polar surface area (TPSA) is 57.6 Å². The van der Waals surface area contributed by atoms with E-state index in [0.717, 1.165) is 17.0 Å². The summed E-state index contributed by atoms with van der Waals surface area (Å²) in [4.78, 5) is 24.3. The third kappa shape index (κ3) is 4.47. The molecule has 0 aliphatic carbocycles. The lowest BCUT2D eigenvalue weighted by Gasteiger charge is -2.25. The SMILES string of the molecule is CCC(C(=O)N(CC)CC(=O)O)c1cccc(C(F)(F)F)c1. The summed E-state index contributed by atoms with van der Waals surface area (Å²) in [5, 5.41) is 8.80. The van der Waals surface area contributed by atoms with Gasteiger partial charge in [0.25, 0.3) is 0 Å². The normalized spacial score (nSPS) is 12.8. The molecule has 4 nitrogen and oxygen atoms in total. The number of nitrogens with zero attached hydrogens (tertiary/aromatic N) is 1. The Morgan fingerprint density at radius 3 is 2.36 bits per heavy atom. The summed E-state index contributed by atoms with van der Waals surface area (Å²) in [7, 11) is 0. The molecule has 22 heavy (non-hydrogen) atoms. The van der Waals surface area contributed by atoms with E-state index in [-0.39, 0.29) is 18.5 Å². The van der Waals surface area contributed by atoms with Crippen molar-refractivity contribution in [3.63, 3.8) is 0 Å². The van der Waals surface area contributed by atoms with E-state index in [9.17, 15) is 22.8 Å². The van der Waals surface area contributed by atoms with Gasteiger partial charge in [0, 0.05) is 6.54 Å². The second-order valence-electron chi connectivity index (χ2n) is 4.83. The van der Waals surface area contributed by atoms with Crippen LogP contribution < -0.4 is 0 Å². The third-order valence-electron chi connectivity index (χ3n) is 3.34. The summed E-state index contributed by atoms with van der Waals surface area (Å²) in [6.45, 7) is 3.02. The number of carboxylic acid groups (broad SMARTS) is 1. The predicted molar refractivity (Wildman–Crippen MR) is 74.4 cm³/mol.